The normalized spacial score (nSPS) is 18.7. The molecular weight excluding hydrogens is 437 g/mol. The molecule has 1 aliphatic carbocycles. The number of nitrogens with zero attached hydrogens (tertiary/aromatic N) is 1. The maximum absolute atomic E-state index is 13.7. The topological polar surface area (TPSA) is 79.9 Å². The Kier molecular flexibility index (Phi) is 7.24. The predicted molar refractivity (Wildman–Crippen MR) is 127 cm³/mol. The van der Waals surface area contributed by atoms with Gasteiger partial charge in [-0.3, -0.25) is 4.79 Å². The minimum absolute atomic E-state index is 0.178. The fourth-order valence-electron chi connectivity index (χ4n) is 4.90. The fraction of sp³-hybridized carbons (Fsp3) is 0.462. The van der Waals surface area contributed by atoms with Crippen molar-refractivity contribution >= 4 is 11.9 Å². The molecule has 182 valence electrons. The van der Waals surface area contributed by atoms with Crippen molar-refractivity contribution in [2.24, 2.45) is 0 Å². The average molecular weight is 470 g/mol. The minimum atomic E-state index is -0.672. The van der Waals surface area contributed by atoms with Crippen LogP contribution in [-0.2, 0) is 11.2 Å². The number of hydrogen-bond acceptors (Lipinski definition) is 4. The first kappa shape index (κ1) is 23.9. The van der Waals surface area contributed by atoms with E-state index in [1.165, 1.54) is 12.1 Å². The summed E-state index contributed by atoms with van der Waals surface area (Å²) in [7, 11) is 3.15. The van der Waals surface area contributed by atoms with Crippen LogP contribution in [-0.4, -0.2) is 49.7 Å². The highest BCUT2D eigenvalue weighted by Crippen LogP contribution is 2.41. The molecular formula is C26H32FN3O4. The van der Waals surface area contributed by atoms with Crippen molar-refractivity contribution in [2.75, 3.05) is 20.8 Å². The van der Waals surface area contributed by atoms with Gasteiger partial charge in [-0.05, 0) is 67.1 Å². The summed E-state index contributed by atoms with van der Waals surface area (Å²) >= 11 is 0. The third kappa shape index (κ3) is 4.95. The molecule has 2 aromatic carbocycles. The Morgan fingerprint density at radius 3 is 2.35 bits per heavy atom. The molecule has 0 bridgehead atoms. The number of urea groups is 1. The van der Waals surface area contributed by atoms with Crippen molar-refractivity contribution in [1.82, 2.24) is 15.5 Å². The van der Waals surface area contributed by atoms with E-state index in [-0.39, 0.29) is 23.8 Å². The molecule has 2 atom stereocenters. The smallest absolute Gasteiger partial charge is 0.318 e. The Bertz CT molecular complexity index is 1040. The van der Waals surface area contributed by atoms with Crippen LogP contribution in [0.5, 0.6) is 11.5 Å². The van der Waals surface area contributed by atoms with Crippen molar-refractivity contribution in [2.45, 2.75) is 57.2 Å². The minimum Gasteiger partial charge on any atom is -0.493 e. The highest BCUT2D eigenvalue weighted by atomic mass is 19.1. The van der Waals surface area contributed by atoms with Gasteiger partial charge in [0.1, 0.15) is 11.9 Å². The lowest BCUT2D eigenvalue weighted by Crippen LogP contribution is -2.53. The van der Waals surface area contributed by atoms with Crippen LogP contribution in [0.2, 0.25) is 0 Å². The van der Waals surface area contributed by atoms with Gasteiger partial charge in [0, 0.05) is 12.6 Å². The molecule has 0 aromatic heterocycles. The molecule has 2 N–H and O–H groups in total. The molecule has 4 rings (SSSR count). The summed E-state index contributed by atoms with van der Waals surface area (Å²) in [6.07, 6.45) is 4.81. The molecule has 0 spiro atoms. The number of halogens is 1. The van der Waals surface area contributed by atoms with E-state index in [2.05, 4.69) is 10.6 Å². The number of carbonyl (C=O) groups excluding carboxylic acids is 2. The molecule has 7 nitrogen and oxygen atoms in total. The van der Waals surface area contributed by atoms with Crippen LogP contribution in [0.1, 0.15) is 55.3 Å². The van der Waals surface area contributed by atoms with Crippen molar-refractivity contribution < 1.29 is 23.5 Å². The first-order chi connectivity index (χ1) is 16.4. The lowest BCUT2D eigenvalue weighted by atomic mass is 9.88. The second kappa shape index (κ2) is 10.3. The van der Waals surface area contributed by atoms with E-state index < -0.39 is 12.1 Å². The van der Waals surface area contributed by atoms with Gasteiger partial charge < -0.3 is 25.0 Å². The van der Waals surface area contributed by atoms with Crippen LogP contribution in [0.4, 0.5) is 9.18 Å². The zero-order valence-corrected chi connectivity index (χ0v) is 19.9. The first-order valence-corrected chi connectivity index (χ1v) is 11.8. The fourth-order valence-corrected chi connectivity index (χ4v) is 4.90. The molecule has 1 saturated carbocycles. The van der Waals surface area contributed by atoms with Crippen molar-refractivity contribution in [3.8, 4) is 11.5 Å². The quantitative estimate of drug-likeness (QED) is 0.672. The number of nitrogens with one attached hydrogen (secondary N) is 2. The zero-order chi connectivity index (χ0) is 24.2. The Balaban J connectivity index is 1.61. The van der Waals surface area contributed by atoms with E-state index in [0.717, 1.165) is 42.4 Å². The molecule has 0 radical (unpaired) electrons. The molecule has 8 heteroatoms. The molecule has 2 aliphatic rings. The van der Waals surface area contributed by atoms with Crippen LogP contribution in [0, 0.1) is 5.82 Å². The molecule has 2 aromatic rings. The lowest BCUT2D eigenvalue weighted by molar-refractivity contribution is -0.123. The second-order valence-electron chi connectivity index (χ2n) is 8.96. The summed E-state index contributed by atoms with van der Waals surface area (Å²) in [6, 6.07) is 8.64. The molecule has 3 amide bonds. The van der Waals surface area contributed by atoms with E-state index >= 15 is 0 Å². The molecule has 0 unspecified atom stereocenters. The Morgan fingerprint density at radius 2 is 1.71 bits per heavy atom. The van der Waals surface area contributed by atoms with Crippen LogP contribution in [0.25, 0.3) is 0 Å². The summed E-state index contributed by atoms with van der Waals surface area (Å²) in [4.78, 5) is 27.7. The van der Waals surface area contributed by atoms with Gasteiger partial charge in [-0.15, -0.1) is 0 Å². The molecule has 1 heterocycles. The number of ether oxygens (including phenoxy) is 2. The van der Waals surface area contributed by atoms with Crippen LogP contribution < -0.4 is 20.1 Å². The summed E-state index contributed by atoms with van der Waals surface area (Å²) in [6.45, 7) is 2.13. The average Bonchev–Trinajstić information content (AvgIpc) is 3.35. The summed E-state index contributed by atoms with van der Waals surface area (Å²) in [5.74, 6) is 0.650. The Labute approximate surface area is 199 Å². The van der Waals surface area contributed by atoms with Gasteiger partial charge in [0.15, 0.2) is 11.5 Å². The van der Waals surface area contributed by atoms with Gasteiger partial charge in [-0.1, -0.05) is 25.0 Å². The third-order valence-corrected chi connectivity index (χ3v) is 6.76. The van der Waals surface area contributed by atoms with Crippen molar-refractivity contribution in [3.63, 3.8) is 0 Å². The second-order valence-corrected chi connectivity index (χ2v) is 8.96. The van der Waals surface area contributed by atoms with Crippen molar-refractivity contribution in [1.29, 1.82) is 0 Å². The largest absolute Gasteiger partial charge is 0.493 e. The van der Waals surface area contributed by atoms with E-state index in [1.807, 2.05) is 12.1 Å². The third-order valence-electron chi connectivity index (χ3n) is 6.76. The summed E-state index contributed by atoms with van der Waals surface area (Å²) < 4.78 is 24.6. The number of methoxy groups -OCH3 is 2. The van der Waals surface area contributed by atoms with E-state index in [9.17, 15) is 14.0 Å². The van der Waals surface area contributed by atoms with Gasteiger partial charge in [-0.25, -0.2) is 9.18 Å². The number of carbonyl (C=O) groups is 2. The maximum atomic E-state index is 13.7. The molecule has 34 heavy (non-hydrogen) atoms. The zero-order valence-electron chi connectivity index (χ0n) is 19.9. The van der Waals surface area contributed by atoms with Gasteiger partial charge in [-0.2, -0.15) is 0 Å². The Morgan fingerprint density at radius 1 is 1.06 bits per heavy atom. The predicted octanol–water partition coefficient (Wildman–Crippen LogP) is 3.95. The van der Waals surface area contributed by atoms with E-state index in [0.29, 0.717) is 24.5 Å². The van der Waals surface area contributed by atoms with Gasteiger partial charge >= 0.3 is 6.03 Å². The number of fused-ring (bicyclic) bond motifs is 1. The summed E-state index contributed by atoms with van der Waals surface area (Å²) in [5.41, 5.74) is 2.68. The number of rotatable bonds is 6. The molecule has 1 fully saturated rings. The molecule has 1 aliphatic heterocycles. The summed E-state index contributed by atoms with van der Waals surface area (Å²) in [5, 5.41) is 5.90. The number of amides is 3. The Hall–Kier alpha value is -3.29. The van der Waals surface area contributed by atoms with Gasteiger partial charge in [0.25, 0.3) is 0 Å². The number of benzene rings is 2. The first-order valence-electron chi connectivity index (χ1n) is 11.8. The van der Waals surface area contributed by atoms with Crippen molar-refractivity contribution in [3.05, 3.63) is 58.9 Å². The number of hydrogen-bond donors (Lipinski definition) is 2. The highest BCUT2D eigenvalue weighted by molar-refractivity contribution is 5.87. The van der Waals surface area contributed by atoms with Crippen LogP contribution in [0.3, 0.4) is 0 Å². The van der Waals surface area contributed by atoms with Gasteiger partial charge in [0.2, 0.25) is 5.91 Å². The maximum Gasteiger partial charge on any atom is 0.318 e. The standard InChI is InChI=1S/C26H32FN3O4/c1-16(25(31)29-20-6-4-5-7-20)28-26(32)30-13-12-18-14-22(33-2)23(34-3)15-21(18)24(30)17-8-10-19(27)11-9-17/h8-11,14-16,20,24H,4-7,12-13H2,1-3H3,(H,28,32)(H,29,31)/t16-,24-/m0/s1. The monoisotopic (exact) mass is 469 g/mol. The van der Waals surface area contributed by atoms with E-state index in [4.69, 9.17) is 9.47 Å². The van der Waals surface area contributed by atoms with Crippen LogP contribution >= 0.6 is 0 Å². The van der Waals surface area contributed by atoms with Crippen LogP contribution in [0.15, 0.2) is 36.4 Å². The van der Waals surface area contributed by atoms with Gasteiger partial charge in [0.05, 0.1) is 20.3 Å². The highest BCUT2D eigenvalue weighted by Gasteiger charge is 2.34. The SMILES string of the molecule is COc1cc2c(cc1OC)[C@H](c1ccc(F)cc1)N(C(=O)N[C@@H](C)C(=O)NC1CCCC1)CC2. The van der Waals surface area contributed by atoms with E-state index in [1.54, 1.807) is 38.2 Å². The molecule has 0 saturated heterocycles. The lowest BCUT2D eigenvalue weighted by Gasteiger charge is -2.38.